The van der Waals surface area contributed by atoms with E-state index in [0.717, 1.165) is 0 Å². The largest absolute Gasteiger partial charge is 0.493 e. The molecule has 0 aromatic heterocycles. The lowest BCUT2D eigenvalue weighted by molar-refractivity contribution is -0.139. The third-order valence-corrected chi connectivity index (χ3v) is 5.71. The molecule has 4 heteroatoms. The maximum Gasteiger partial charge on any atom is 0.341 e. The van der Waals surface area contributed by atoms with E-state index in [1.54, 1.807) is 18.2 Å². The molecule has 33 heavy (non-hydrogen) atoms. The van der Waals surface area contributed by atoms with Crippen molar-refractivity contribution in [1.82, 2.24) is 0 Å². The van der Waals surface area contributed by atoms with Crippen molar-refractivity contribution in [2.45, 2.75) is 11.8 Å². The Labute approximate surface area is 194 Å². The molecule has 0 bridgehead atoms. The van der Waals surface area contributed by atoms with Crippen LogP contribution in [0.4, 0.5) is 0 Å². The Morgan fingerprint density at radius 1 is 0.636 bits per heavy atom. The van der Waals surface area contributed by atoms with Crippen molar-refractivity contribution in [3.8, 4) is 11.5 Å². The molecule has 0 saturated carbocycles. The summed E-state index contributed by atoms with van der Waals surface area (Å²) < 4.78 is 11.4. The van der Waals surface area contributed by atoms with Crippen LogP contribution in [-0.4, -0.2) is 24.3 Å². The van der Waals surface area contributed by atoms with Gasteiger partial charge < -0.3 is 14.6 Å². The lowest BCUT2D eigenvalue weighted by Gasteiger charge is -2.36. The van der Waals surface area contributed by atoms with E-state index in [1.807, 2.05) is 24.3 Å². The number of benzene rings is 4. The second-order valence-electron chi connectivity index (χ2n) is 7.76. The first-order valence-corrected chi connectivity index (χ1v) is 10.9. The van der Waals surface area contributed by atoms with E-state index in [0.29, 0.717) is 24.5 Å². The van der Waals surface area contributed by atoms with Gasteiger partial charge in [0.15, 0.2) is 6.61 Å². The van der Waals surface area contributed by atoms with E-state index >= 15 is 0 Å². The van der Waals surface area contributed by atoms with Gasteiger partial charge in [0.05, 0.1) is 6.61 Å². The molecule has 4 aromatic rings. The van der Waals surface area contributed by atoms with E-state index in [2.05, 4.69) is 72.8 Å². The Hall–Kier alpha value is -4.05. The second kappa shape index (κ2) is 10.5. The molecule has 0 fully saturated rings. The fraction of sp³-hybridized carbons (Fsp3) is 0.138. The molecule has 0 spiro atoms. The highest BCUT2D eigenvalue weighted by atomic mass is 16.5. The van der Waals surface area contributed by atoms with Gasteiger partial charge in [0.25, 0.3) is 0 Å². The van der Waals surface area contributed by atoms with Gasteiger partial charge in [-0.05, 0) is 35.2 Å². The molecule has 0 atom stereocenters. The third-order valence-electron chi connectivity index (χ3n) is 5.71. The molecule has 166 valence electrons. The summed E-state index contributed by atoms with van der Waals surface area (Å²) in [5.74, 6) is 0.0935. The van der Waals surface area contributed by atoms with Crippen LogP contribution in [0.5, 0.6) is 11.5 Å². The van der Waals surface area contributed by atoms with Gasteiger partial charge in [0, 0.05) is 11.5 Å². The molecule has 0 radical (unpaired) electrons. The van der Waals surface area contributed by atoms with Gasteiger partial charge >= 0.3 is 5.97 Å². The summed E-state index contributed by atoms with van der Waals surface area (Å²) in [5.41, 5.74) is 3.21. The zero-order chi connectivity index (χ0) is 22.9. The van der Waals surface area contributed by atoms with Crippen LogP contribution in [0, 0.1) is 0 Å². The van der Waals surface area contributed by atoms with E-state index < -0.39 is 5.97 Å². The quantitative estimate of drug-likeness (QED) is 0.311. The number of ether oxygens (including phenoxy) is 2. The Kier molecular flexibility index (Phi) is 7.06. The average molecular weight is 439 g/mol. The Morgan fingerprint density at radius 3 is 1.55 bits per heavy atom. The zero-order valence-electron chi connectivity index (χ0n) is 18.3. The Balaban J connectivity index is 1.65. The minimum absolute atomic E-state index is 0.386. The molecule has 0 aliphatic rings. The molecule has 1 N–H and O–H groups in total. The molecule has 0 saturated heterocycles. The van der Waals surface area contributed by atoms with Crippen LogP contribution in [0.25, 0.3) is 0 Å². The van der Waals surface area contributed by atoms with Crippen molar-refractivity contribution in [3.63, 3.8) is 0 Å². The van der Waals surface area contributed by atoms with Crippen LogP contribution < -0.4 is 9.47 Å². The van der Waals surface area contributed by atoms with Crippen molar-refractivity contribution in [2.24, 2.45) is 0 Å². The molecule has 4 nitrogen and oxygen atoms in total. The number of carboxylic acid groups (broad SMARTS) is 1. The van der Waals surface area contributed by atoms with Gasteiger partial charge in [-0.15, -0.1) is 0 Å². The van der Waals surface area contributed by atoms with Crippen molar-refractivity contribution >= 4 is 5.97 Å². The highest BCUT2D eigenvalue weighted by molar-refractivity contribution is 5.68. The van der Waals surface area contributed by atoms with Gasteiger partial charge in [-0.2, -0.15) is 0 Å². The number of hydrogen-bond donors (Lipinski definition) is 1. The molecular weight excluding hydrogens is 412 g/mol. The van der Waals surface area contributed by atoms with Crippen molar-refractivity contribution < 1.29 is 19.4 Å². The Bertz CT molecular complexity index is 1060. The highest BCUT2D eigenvalue weighted by Crippen LogP contribution is 2.42. The summed E-state index contributed by atoms with van der Waals surface area (Å²) in [6, 6.07) is 38.6. The number of hydrogen-bond acceptors (Lipinski definition) is 3. The topological polar surface area (TPSA) is 55.8 Å². The smallest absolute Gasteiger partial charge is 0.341 e. The Morgan fingerprint density at radius 2 is 1.09 bits per heavy atom. The predicted octanol–water partition coefficient (Wildman–Crippen LogP) is 5.95. The monoisotopic (exact) mass is 438 g/mol. The van der Waals surface area contributed by atoms with Gasteiger partial charge in [0.1, 0.15) is 11.5 Å². The van der Waals surface area contributed by atoms with Crippen LogP contribution in [0.15, 0.2) is 115 Å². The number of rotatable bonds is 10. The molecule has 0 heterocycles. The zero-order valence-corrected chi connectivity index (χ0v) is 18.3. The van der Waals surface area contributed by atoms with Crippen LogP contribution in [0.1, 0.15) is 23.1 Å². The summed E-state index contributed by atoms with van der Waals surface area (Å²) in [6.45, 7) is 0.0731. The lowest BCUT2D eigenvalue weighted by Crippen LogP contribution is -2.31. The first-order chi connectivity index (χ1) is 16.2. The molecule has 0 aliphatic carbocycles. The molecular formula is C29H26O4. The number of aliphatic carboxylic acids is 1. The first-order valence-electron chi connectivity index (χ1n) is 10.9. The van der Waals surface area contributed by atoms with Crippen LogP contribution in [0.3, 0.4) is 0 Å². The predicted molar refractivity (Wildman–Crippen MR) is 129 cm³/mol. The van der Waals surface area contributed by atoms with Gasteiger partial charge in [-0.1, -0.05) is 97.1 Å². The summed E-state index contributed by atoms with van der Waals surface area (Å²) in [4.78, 5) is 10.8. The van der Waals surface area contributed by atoms with E-state index in [4.69, 9.17) is 14.6 Å². The molecule has 4 rings (SSSR count). The van der Waals surface area contributed by atoms with Gasteiger partial charge in [-0.3, -0.25) is 0 Å². The molecule has 0 amide bonds. The molecule has 0 unspecified atom stereocenters. The van der Waals surface area contributed by atoms with E-state index in [1.165, 1.54) is 16.7 Å². The maximum atomic E-state index is 10.8. The van der Waals surface area contributed by atoms with E-state index in [-0.39, 0.29) is 12.0 Å². The summed E-state index contributed by atoms with van der Waals surface area (Å²) in [6.07, 6.45) is 0.714. The fourth-order valence-electron chi connectivity index (χ4n) is 4.22. The van der Waals surface area contributed by atoms with Gasteiger partial charge in [0.2, 0.25) is 0 Å². The SMILES string of the molecule is O=C(O)COc1cccc(OCCC(c2ccccc2)(c2ccccc2)c2ccccc2)c1. The van der Waals surface area contributed by atoms with Gasteiger partial charge in [-0.25, -0.2) is 4.79 Å². The molecule has 0 aliphatic heterocycles. The standard InChI is InChI=1S/C29H26O4/c30-28(31)22-33-27-18-10-17-26(21-27)32-20-19-29(23-11-4-1-5-12-23,24-13-6-2-7-14-24)25-15-8-3-9-16-25/h1-18,21H,19-20,22H2,(H,30,31). The minimum atomic E-state index is -1.01. The van der Waals surface area contributed by atoms with Crippen molar-refractivity contribution in [1.29, 1.82) is 0 Å². The summed E-state index contributed by atoms with van der Waals surface area (Å²) >= 11 is 0. The van der Waals surface area contributed by atoms with Crippen molar-refractivity contribution in [3.05, 3.63) is 132 Å². The third kappa shape index (κ3) is 5.24. The summed E-state index contributed by atoms with van der Waals surface area (Å²) in [5, 5.41) is 8.84. The minimum Gasteiger partial charge on any atom is -0.493 e. The average Bonchev–Trinajstić information content (AvgIpc) is 2.87. The number of carbonyl (C=O) groups is 1. The van der Waals surface area contributed by atoms with Crippen LogP contribution in [0.2, 0.25) is 0 Å². The van der Waals surface area contributed by atoms with Crippen molar-refractivity contribution in [2.75, 3.05) is 13.2 Å². The van der Waals surface area contributed by atoms with E-state index in [9.17, 15) is 4.79 Å². The highest BCUT2D eigenvalue weighted by Gasteiger charge is 2.36. The first kappa shape index (κ1) is 22.2. The maximum absolute atomic E-state index is 10.8. The summed E-state index contributed by atoms with van der Waals surface area (Å²) in [7, 11) is 0. The van der Waals surface area contributed by atoms with Crippen LogP contribution in [-0.2, 0) is 10.2 Å². The fourth-order valence-corrected chi connectivity index (χ4v) is 4.22. The molecule has 4 aromatic carbocycles. The number of carboxylic acids is 1. The normalized spacial score (nSPS) is 11.0. The lowest BCUT2D eigenvalue weighted by atomic mass is 9.67. The van der Waals surface area contributed by atoms with Crippen LogP contribution >= 0.6 is 0 Å². The second-order valence-corrected chi connectivity index (χ2v) is 7.76.